The van der Waals surface area contributed by atoms with Crippen LogP contribution in [0.3, 0.4) is 0 Å². The number of aliphatic carboxylic acids is 1. The lowest BCUT2D eigenvalue weighted by Crippen LogP contribution is -2.36. The van der Waals surface area contributed by atoms with E-state index in [1.165, 1.54) is 0 Å². The fourth-order valence-corrected chi connectivity index (χ4v) is 2.85. The van der Waals surface area contributed by atoms with Gasteiger partial charge in [0, 0.05) is 12.2 Å². The number of hydrogen-bond donors (Lipinski definition) is 2. The third-order valence-corrected chi connectivity index (χ3v) is 4.00. The average Bonchev–Trinajstić information content (AvgIpc) is 2.94. The van der Waals surface area contributed by atoms with Crippen molar-refractivity contribution in [2.24, 2.45) is 0 Å². The maximum atomic E-state index is 11.8. The van der Waals surface area contributed by atoms with E-state index in [-0.39, 0.29) is 6.04 Å². The van der Waals surface area contributed by atoms with Crippen LogP contribution in [0, 0.1) is 0 Å². The van der Waals surface area contributed by atoms with Crippen molar-refractivity contribution >= 4 is 17.7 Å². The highest BCUT2D eigenvalue weighted by Gasteiger charge is 2.30. The molecule has 6 heteroatoms. The predicted octanol–water partition coefficient (Wildman–Crippen LogP) is 3.33. The highest BCUT2D eigenvalue weighted by molar-refractivity contribution is 5.79. The molecule has 2 atom stereocenters. The summed E-state index contributed by atoms with van der Waals surface area (Å²) in [6.07, 6.45) is 1.10. The number of anilines is 1. The summed E-state index contributed by atoms with van der Waals surface area (Å²) in [5.74, 6) is -0.781. The Bertz CT molecular complexity index is 592. The van der Waals surface area contributed by atoms with Crippen LogP contribution in [0.4, 0.5) is 10.5 Å². The van der Waals surface area contributed by atoms with E-state index < -0.39 is 23.7 Å². The van der Waals surface area contributed by atoms with Gasteiger partial charge in [0.05, 0.1) is 6.04 Å². The van der Waals surface area contributed by atoms with Crippen molar-refractivity contribution in [3.63, 3.8) is 0 Å². The van der Waals surface area contributed by atoms with E-state index in [9.17, 15) is 14.7 Å². The van der Waals surface area contributed by atoms with E-state index in [0.717, 1.165) is 24.2 Å². The summed E-state index contributed by atoms with van der Waals surface area (Å²) < 4.78 is 5.25. The molecule has 0 aliphatic carbocycles. The number of amides is 1. The van der Waals surface area contributed by atoms with Crippen LogP contribution in [0.5, 0.6) is 0 Å². The maximum Gasteiger partial charge on any atom is 0.408 e. The molecule has 2 rings (SSSR count). The Hall–Kier alpha value is -2.24. The van der Waals surface area contributed by atoms with Crippen molar-refractivity contribution in [2.75, 3.05) is 11.4 Å². The fraction of sp³-hybridized carbons (Fsp3) is 0.556. The molecule has 24 heavy (non-hydrogen) atoms. The van der Waals surface area contributed by atoms with Gasteiger partial charge in [-0.05, 0) is 58.2 Å². The number of carboxylic acids is 1. The number of carbonyl (C=O) groups excluding carboxylic acids is 1. The van der Waals surface area contributed by atoms with Gasteiger partial charge in [-0.25, -0.2) is 9.59 Å². The summed E-state index contributed by atoms with van der Waals surface area (Å²) in [6.45, 7) is 8.10. The van der Waals surface area contributed by atoms with Gasteiger partial charge in [0.15, 0.2) is 0 Å². The lowest BCUT2D eigenvalue weighted by atomic mass is 10.1. The molecular formula is C18H26N2O4. The fourth-order valence-electron chi connectivity index (χ4n) is 2.85. The van der Waals surface area contributed by atoms with Gasteiger partial charge in [-0.1, -0.05) is 12.1 Å². The average molecular weight is 334 g/mol. The van der Waals surface area contributed by atoms with Gasteiger partial charge in [-0.3, -0.25) is 0 Å². The van der Waals surface area contributed by atoms with E-state index in [2.05, 4.69) is 5.32 Å². The van der Waals surface area contributed by atoms with Crippen LogP contribution in [0.15, 0.2) is 24.3 Å². The molecule has 1 fully saturated rings. The van der Waals surface area contributed by atoms with Gasteiger partial charge in [-0.2, -0.15) is 0 Å². The number of carboxylic acid groups (broad SMARTS) is 1. The van der Waals surface area contributed by atoms with Crippen LogP contribution in [0.2, 0.25) is 0 Å². The SMILES string of the molecule is CC(NC(=O)OC(C)(C)C)c1ccc(N2CCCC2C(=O)O)cc1. The number of ether oxygens (including phenoxy) is 1. The van der Waals surface area contributed by atoms with Gasteiger partial charge in [-0.15, -0.1) is 0 Å². The molecule has 1 heterocycles. The Kier molecular flexibility index (Phi) is 5.36. The summed E-state index contributed by atoms with van der Waals surface area (Å²) in [5, 5.41) is 12.1. The minimum absolute atomic E-state index is 0.192. The second kappa shape index (κ2) is 7.11. The number of nitrogens with zero attached hydrogens (tertiary/aromatic N) is 1. The molecule has 2 N–H and O–H groups in total. The first-order valence-electron chi connectivity index (χ1n) is 8.26. The molecule has 2 unspecified atom stereocenters. The van der Waals surface area contributed by atoms with Crippen molar-refractivity contribution in [1.29, 1.82) is 0 Å². The molecular weight excluding hydrogens is 308 g/mol. The highest BCUT2D eigenvalue weighted by Crippen LogP contribution is 2.27. The highest BCUT2D eigenvalue weighted by atomic mass is 16.6. The number of hydrogen-bond acceptors (Lipinski definition) is 4. The molecule has 0 saturated carbocycles. The first-order valence-corrected chi connectivity index (χ1v) is 8.26. The molecule has 1 aliphatic heterocycles. The zero-order chi connectivity index (χ0) is 17.9. The Morgan fingerprint density at radius 3 is 2.46 bits per heavy atom. The lowest BCUT2D eigenvalue weighted by Gasteiger charge is -2.25. The summed E-state index contributed by atoms with van der Waals surface area (Å²) in [5.41, 5.74) is 1.30. The topological polar surface area (TPSA) is 78.9 Å². The molecule has 132 valence electrons. The van der Waals surface area contributed by atoms with Gasteiger partial charge >= 0.3 is 12.1 Å². The molecule has 1 aromatic carbocycles. The molecule has 1 aliphatic rings. The quantitative estimate of drug-likeness (QED) is 0.883. The summed E-state index contributed by atoms with van der Waals surface area (Å²) in [6, 6.07) is 6.99. The largest absolute Gasteiger partial charge is 0.480 e. The molecule has 1 saturated heterocycles. The molecule has 0 radical (unpaired) electrons. The lowest BCUT2D eigenvalue weighted by molar-refractivity contribution is -0.138. The predicted molar refractivity (Wildman–Crippen MR) is 92.2 cm³/mol. The van der Waals surface area contributed by atoms with Crippen molar-refractivity contribution in [3.8, 4) is 0 Å². The van der Waals surface area contributed by atoms with Crippen molar-refractivity contribution in [1.82, 2.24) is 5.32 Å². The second-order valence-electron chi connectivity index (χ2n) is 7.15. The summed E-state index contributed by atoms with van der Waals surface area (Å²) in [7, 11) is 0. The Morgan fingerprint density at radius 2 is 1.92 bits per heavy atom. The Morgan fingerprint density at radius 1 is 1.29 bits per heavy atom. The number of rotatable bonds is 4. The zero-order valence-electron chi connectivity index (χ0n) is 14.7. The number of carbonyl (C=O) groups is 2. The van der Waals surface area contributed by atoms with Gasteiger partial charge in [0.25, 0.3) is 0 Å². The Balaban J connectivity index is 2.01. The number of benzene rings is 1. The van der Waals surface area contributed by atoms with Crippen LogP contribution in [0.1, 0.15) is 52.1 Å². The van der Waals surface area contributed by atoms with Gasteiger partial charge in [0.1, 0.15) is 11.6 Å². The van der Waals surface area contributed by atoms with Crippen molar-refractivity contribution < 1.29 is 19.4 Å². The smallest absolute Gasteiger partial charge is 0.408 e. The van der Waals surface area contributed by atoms with E-state index in [1.807, 2.05) is 56.9 Å². The first kappa shape index (κ1) is 18.1. The molecule has 0 aromatic heterocycles. The summed E-state index contributed by atoms with van der Waals surface area (Å²) >= 11 is 0. The molecule has 1 aromatic rings. The van der Waals surface area contributed by atoms with Gasteiger partial charge in [0.2, 0.25) is 0 Å². The zero-order valence-corrected chi connectivity index (χ0v) is 14.7. The normalized spacial score (nSPS) is 19.0. The number of nitrogens with one attached hydrogen (secondary N) is 1. The van der Waals surface area contributed by atoms with Crippen LogP contribution < -0.4 is 10.2 Å². The summed E-state index contributed by atoms with van der Waals surface area (Å²) in [4.78, 5) is 25.0. The van der Waals surface area contributed by atoms with E-state index in [1.54, 1.807) is 0 Å². The van der Waals surface area contributed by atoms with E-state index in [0.29, 0.717) is 6.42 Å². The molecule has 6 nitrogen and oxygen atoms in total. The van der Waals surface area contributed by atoms with Crippen molar-refractivity contribution in [2.45, 2.75) is 58.2 Å². The molecule has 0 spiro atoms. The van der Waals surface area contributed by atoms with Crippen LogP contribution >= 0.6 is 0 Å². The third-order valence-electron chi connectivity index (χ3n) is 4.00. The number of alkyl carbamates (subject to hydrolysis) is 1. The second-order valence-corrected chi connectivity index (χ2v) is 7.15. The van der Waals surface area contributed by atoms with Crippen LogP contribution in [-0.4, -0.2) is 35.4 Å². The van der Waals surface area contributed by atoms with Crippen LogP contribution in [-0.2, 0) is 9.53 Å². The maximum absolute atomic E-state index is 11.8. The first-order chi connectivity index (χ1) is 11.2. The minimum Gasteiger partial charge on any atom is -0.480 e. The van der Waals surface area contributed by atoms with Crippen molar-refractivity contribution in [3.05, 3.63) is 29.8 Å². The van der Waals surface area contributed by atoms with Crippen LogP contribution in [0.25, 0.3) is 0 Å². The standard InChI is InChI=1S/C18H26N2O4/c1-12(19-17(23)24-18(2,3)4)13-7-9-14(10-8-13)20-11-5-6-15(20)16(21)22/h7-10,12,15H,5-6,11H2,1-4H3,(H,19,23)(H,21,22). The molecule has 1 amide bonds. The minimum atomic E-state index is -0.781. The Labute approximate surface area is 142 Å². The van der Waals surface area contributed by atoms with Gasteiger partial charge < -0.3 is 20.1 Å². The third kappa shape index (κ3) is 4.63. The monoisotopic (exact) mass is 334 g/mol. The van der Waals surface area contributed by atoms with E-state index >= 15 is 0 Å². The molecule has 0 bridgehead atoms. The van der Waals surface area contributed by atoms with E-state index in [4.69, 9.17) is 4.74 Å².